The Morgan fingerprint density at radius 3 is 3.00 bits per heavy atom. The van der Waals surface area contributed by atoms with Crippen molar-refractivity contribution in [2.75, 3.05) is 38.3 Å². The molecular weight excluding hydrogens is 356 g/mol. The topological polar surface area (TPSA) is 90.6 Å². The van der Waals surface area contributed by atoms with Crippen LogP contribution in [0.25, 0.3) is 21.7 Å². The molecule has 2 N–H and O–H groups in total. The van der Waals surface area contributed by atoms with E-state index >= 15 is 0 Å². The number of nitrogens with zero attached hydrogens (tertiary/aromatic N) is 3. The lowest BCUT2D eigenvalue weighted by molar-refractivity contribution is 0.0600. The van der Waals surface area contributed by atoms with E-state index < -0.39 is 0 Å². The number of anilines is 1. The van der Waals surface area contributed by atoms with E-state index in [2.05, 4.69) is 9.88 Å². The minimum absolute atomic E-state index is 0.183. The van der Waals surface area contributed by atoms with Gasteiger partial charge in [0.1, 0.15) is 5.82 Å². The summed E-state index contributed by atoms with van der Waals surface area (Å²) >= 11 is 0. The molecule has 0 saturated carbocycles. The average Bonchev–Trinajstić information content (AvgIpc) is 3.21. The predicted octanol–water partition coefficient (Wildman–Crippen LogP) is 2.51. The maximum Gasteiger partial charge on any atom is 0.337 e. The second-order valence-corrected chi connectivity index (χ2v) is 6.95. The van der Waals surface area contributed by atoms with Crippen molar-refractivity contribution in [1.29, 1.82) is 0 Å². The summed E-state index contributed by atoms with van der Waals surface area (Å²) in [6.07, 6.45) is 5.65. The molecule has 0 radical (unpaired) electrons. The zero-order valence-electron chi connectivity index (χ0n) is 15.9. The van der Waals surface area contributed by atoms with E-state index in [1.54, 1.807) is 18.3 Å². The van der Waals surface area contributed by atoms with Crippen molar-refractivity contribution in [2.24, 2.45) is 5.73 Å². The number of ether oxygens (including phenoxy) is 2. The molecule has 1 atom stereocenters. The molecule has 1 aliphatic rings. The summed E-state index contributed by atoms with van der Waals surface area (Å²) in [6.45, 7) is 2.99. The van der Waals surface area contributed by atoms with Crippen LogP contribution in [0, 0.1) is 0 Å². The Kier molecular flexibility index (Phi) is 5.36. The van der Waals surface area contributed by atoms with Gasteiger partial charge in [0.25, 0.3) is 0 Å². The van der Waals surface area contributed by atoms with E-state index in [-0.39, 0.29) is 12.1 Å². The van der Waals surface area contributed by atoms with Gasteiger partial charge in [-0.15, -0.1) is 0 Å². The fourth-order valence-electron chi connectivity index (χ4n) is 3.71. The van der Waals surface area contributed by atoms with Crippen molar-refractivity contribution in [2.45, 2.75) is 18.9 Å². The number of hydrogen-bond donors (Lipinski definition) is 1. The van der Waals surface area contributed by atoms with Crippen LogP contribution in [-0.4, -0.2) is 55.4 Å². The molecule has 3 aromatic rings. The second kappa shape index (κ2) is 8.08. The highest BCUT2D eigenvalue weighted by Gasteiger charge is 2.26. The highest BCUT2D eigenvalue weighted by molar-refractivity contribution is 6.11. The number of methoxy groups -OCH3 is 1. The van der Waals surface area contributed by atoms with Gasteiger partial charge in [0.2, 0.25) is 0 Å². The van der Waals surface area contributed by atoms with Crippen LogP contribution in [-0.2, 0) is 9.47 Å². The van der Waals surface area contributed by atoms with Crippen LogP contribution in [0.15, 0.2) is 36.7 Å². The summed E-state index contributed by atoms with van der Waals surface area (Å²) in [5.74, 6) is 0.530. The molecule has 1 fully saturated rings. The van der Waals surface area contributed by atoms with E-state index in [1.807, 2.05) is 18.3 Å². The Bertz CT molecular complexity index is 1010. The number of carbonyl (C=O) groups excluding carboxylic acids is 1. The Labute approximate surface area is 163 Å². The predicted molar refractivity (Wildman–Crippen MR) is 109 cm³/mol. The lowest BCUT2D eigenvalue weighted by Gasteiger charge is -2.20. The fourth-order valence-corrected chi connectivity index (χ4v) is 3.71. The Morgan fingerprint density at radius 1 is 1.29 bits per heavy atom. The number of aromatic nitrogens is 2. The van der Waals surface area contributed by atoms with Crippen LogP contribution in [0.5, 0.6) is 0 Å². The molecule has 1 aliphatic heterocycles. The van der Waals surface area contributed by atoms with E-state index in [0.29, 0.717) is 18.7 Å². The third-order valence-electron chi connectivity index (χ3n) is 5.14. The minimum Gasteiger partial charge on any atom is -0.465 e. The van der Waals surface area contributed by atoms with Gasteiger partial charge in [-0.3, -0.25) is 4.98 Å². The van der Waals surface area contributed by atoms with Crippen LogP contribution in [0.1, 0.15) is 23.2 Å². The first-order valence-corrected chi connectivity index (χ1v) is 9.53. The molecule has 1 saturated heterocycles. The molecule has 0 amide bonds. The zero-order valence-corrected chi connectivity index (χ0v) is 15.9. The summed E-state index contributed by atoms with van der Waals surface area (Å²) in [5.41, 5.74) is 6.79. The molecule has 2 aromatic heterocycles. The third-order valence-corrected chi connectivity index (χ3v) is 5.14. The van der Waals surface area contributed by atoms with Crippen molar-refractivity contribution >= 4 is 33.5 Å². The van der Waals surface area contributed by atoms with E-state index in [9.17, 15) is 4.79 Å². The largest absolute Gasteiger partial charge is 0.465 e. The maximum atomic E-state index is 11.9. The van der Waals surface area contributed by atoms with Gasteiger partial charge in [-0.25, -0.2) is 9.78 Å². The van der Waals surface area contributed by atoms with E-state index in [4.69, 9.17) is 20.2 Å². The highest BCUT2D eigenvalue weighted by Crippen LogP contribution is 2.33. The molecule has 7 nitrogen and oxygen atoms in total. The molecule has 3 heterocycles. The van der Waals surface area contributed by atoms with Crippen LogP contribution in [0.3, 0.4) is 0 Å². The third kappa shape index (κ3) is 3.50. The maximum absolute atomic E-state index is 11.9. The van der Waals surface area contributed by atoms with Crippen LogP contribution >= 0.6 is 0 Å². The summed E-state index contributed by atoms with van der Waals surface area (Å²) < 4.78 is 10.8. The number of esters is 1. The van der Waals surface area contributed by atoms with Gasteiger partial charge in [-0.05, 0) is 37.6 Å². The molecule has 1 aromatic carbocycles. The molecule has 146 valence electrons. The minimum atomic E-state index is -0.369. The first kappa shape index (κ1) is 18.6. The summed E-state index contributed by atoms with van der Waals surface area (Å²) in [4.78, 5) is 23.4. The van der Waals surface area contributed by atoms with Gasteiger partial charge < -0.3 is 20.1 Å². The Balaban J connectivity index is 1.73. The van der Waals surface area contributed by atoms with Gasteiger partial charge in [0.15, 0.2) is 0 Å². The number of hydrogen-bond acceptors (Lipinski definition) is 7. The lowest BCUT2D eigenvalue weighted by Crippen LogP contribution is -2.24. The Morgan fingerprint density at radius 2 is 2.18 bits per heavy atom. The van der Waals surface area contributed by atoms with Crippen LogP contribution in [0.4, 0.5) is 5.82 Å². The lowest BCUT2D eigenvalue weighted by atomic mass is 10.1. The van der Waals surface area contributed by atoms with Gasteiger partial charge in [-0.2, -0.15) is 0 Å². The van der Waals surface area contributed by atoms with E-state index in [0.717, 1.165) is 53.4 Å². The second-order valence-electron chi connectivity index (χ2n) is 6.95. The van der Waals surface area contributed by atoms with Gasteiger partial charge in [-0.1, -0.05) is 6.07 Å². The van der Waals surface area contributed by atoms with Crippen molar-refractivity contribution in [3.05, 3.63) is 42.2 Å². The summed E-state index contributed by atoms with van der Waals surface area (Å²) in [7, 11) is 1.38. The normalized spacial score (nSPS) is 16.8. The number of benzene rings is 1. The number of carbonyl (C=O) groups is 1. The van der Waals surface area contributed by atoms with Crippen LogP contribution in [0.2, 0.25) is 0 Å². The highest BCUT2D eigenvalue weighted by atomic mass is 16.5. The molecule has 4 rings (SSSR count). The van der Waals surface area contributed by atoms with Gasteiger partial charge in [0.05, 0.1) is 24.3 Å². The first-order valence-electron chi connectivity index (χ1n) is 9.53. The van der Waals surface area contributed by atoms with Crippen molar-refractivity contribution in [3.63, 3.8) is 0 Å². The molecular formula is C21H24N4O3. The van der Waals surface area contributed by atoms with Crippen molar-refractivity contribution in [1.82, 2.24) is 9.97 Å². The van der Waals surface area contributed by atoms with Crippen molar-refractivity contribution < 1.29 is 14.3 Å². The summed E-state index contributed by atoms with van der Waals surface area (Å²) in [5, 5.41) is 3.04. The standard InChI is InChI=1S/C21H24N4O3/c1-27-21(26)14-3-4-16-18-12-23-8-5-17(18)20(24-19(16)11-14)25-9-6-15(13-25)28-10-2-7-22/h3-5,8,11-12,15H,2,6-7,9-10,13,22H2,1H3/t15-/m0/s1. The molecule has 0 bridgehead atoms. The number of fused-ring (bicyclic) bond motifs is 3. The first-order chi connectivity index (χ1) is 13.7. The number of nitrogens with two attached hydrogens (primary N) is 1. The fraction of sp³-hybridized carbons (Fsp3) is 0.381. The van der Waals surface area contributed by atoms with Crippen molar-refractivity contribution in [3.8, 4) is 0 Å². The molecule has 28 heavy (non-hydrogen) atoms. The smallest absolute Gasteiger partial charge is 0.337 e. The molecule has 0 aliphatic carbocycles. The monoisotopic (exact) mass is 380 g/mol. The number of rotatable bonds is 6. The van der Waals surface area contributed by atoms with Crippen LogP contribution < -0.4 is 10.6 Å². The SMILES string of the molecule is COC(=O)c1ccc2c(c1)nc(N1CC[C@H](OCCCN)C1)c1ccncc12. The van der Waals surface area contributed by atoms with E-state index in [1.165, 1.54) is 7.11 Å². The number of pyridine rings is 2. The molecule has 7 heteroatoms. The average molecular weight is 380 g/mol. The summed E-state index contributed by atoms with van der Waals surface area (Å²) in [6, 6.07) is 7.45. The quantitative estimate of drug-likeness (QED) is 0.399. The zero-order chi connectivity index (χ0) is 19.5. The Hall–Kier alpha value is -2.77. The van der Waals surface area contributed by atoms with Gasteiger partial charge in [0, 0.05) is 48.2 Å². The molecule has 0 spiro atoms. The van der Waals surface area contributed by atoms with Gasteiger partial charge >= 0.3 is 5.97 Å². The molecule has 0 unspecified atom stereocenters.